The van der Waals surface area contributed by atoms with Crippen molar-refractivity contribution in [2.45, 2.75) is 20.3 Å². The molecule has 112 valence electrons. The van der Waals surface area contributed by atoms with Crippen molar-refractivity contribution < 1.29 is 14.7 Å². The maximum Gasteiger partial charge on any atom is 0.300 e. The molecule has 0 radical (unpaired) electrons. The Morgan fingerprint density at radius 1 is 1.33 bits per heavy atom. The van der Waals surface area contributed by atoms with E-state index in [0.29, 0.717) is 24.1 Å². The lowest BCUT2D eigenvalue weighted by Crippen LogP contribution is -2.36. The Morgan fingerprint density at radius 2 is 2.05 bits per heavy atom. The number of carbonyl (C=O) groups excluding carboxylic acids is 1. The third-order valence-electron chi connectivity index (χ3n) is 3.00. The van der Waals surface area contributed by atoms with E-state index < -0.39 is 11.5 Å². The van der Waals surface area contributed by atoms with Crippen molar-refractivity contribution in [3.05, 3.63) is 40.2 Å². The number of pyridine rings is 1. The molecule has 1 aromatic heterocycles. The van der Waals surface area contributed by atoms with Gasteiger partial charge in [0.1, 0.15) is 17.9 Å². The van der Waals surface area contributed by atoms with Crippen LogP contribution < -0.4 is 15.7 Å². The first kappa shape index (κ1) is 14.9. The minimum atomic E-state index is -0.661. The van der Waals surface area contributed by atoms with E-state index in [0.717, 1.165) is 11.2 Å². The standard InChI is InChI=1S/C15H18N2O4/c1-3-9-21-17-11-8-6-5-7-10(11)13(18)12(15(17)20)14(19)16-4-2/h5-8,18H,3-4,9H2,1-2H3,(H,16,19). The minimum absolute atomic E-state index is 0.299. The summed E-state index contributed by atoms with van der Waals surface area (Å²) in [5, 5.41) is 13.2. The average Bonchev–Trinajstić information content (AvgIpc) is 2.47. The van der Waals surface area contributed by atoms with Gasteiger partial charge in [0, 0.05) is 11.9 Å². The van der Waals surface area contributed by atoms with Gasteiger partial charge in [-0.05, 0) is 25.5 Å². The van der Waals surface area contributed by atoms with E-state index >= 15 is 0 Å². The fourth-order valence-electron chi connectivity index (χ4n) is 2.06. The zero-order chi connectivity index (χ0) is 15.4. The lowest BCUT2D eigenvalue weighted by molar-refractivity contribution is 0.0927. The van der Waals surface area contributed by atoms with Crippen LogP contribution in [0.25, 0.3) is 10.9 Å². The molecule has 0 unspecified atom stereocenters. The topological polar surface area (TPSA) is 80.6 Å². The van der Waals surface area contributed by atoms with E-state index in [1.807, 2.05) is 6.92 Å². The highest BCUT2D eigenvalue weighted by molar-refractivity contribution is 6.02. The van der Waals surface area contributed by atoms with Crippen molar-refractivity contribution in [2.75, 3.05) is 13.2 Å². The lowest BCUT2D eigenvalue weighted by atomic mass is 10.1. The minimum Gasteiger partial charge on any atom is -0.506 e. The van der Waals surface area contributed by atoms with Gasteiger partial charge < -0.3 is 15.3 Å². The zero-order valence-corrected chi connectivity index (χ0v) is 12.0. The summed E-state index contributed by atoms with van der Waals surface area (Å²) in [4.78, 5) is 29.9. The van der Waals surface area contributed by atoms with Gasteiger partial charge in [0.25, 0.3) is 11.5 Å². The molecule has 6 heteroatoms. The average molecular weight is 290 g/mol. The fourth-order valence-corrected chi connectivity index (χ4v) is 2.06. The molecule has 1 amide bonds. The number of nitrogens with zero attached hydrogens (tertiary/aromatic N) is 1. The Bertz CT molecular complexity index is 721. The number of nitrogens with one attached hydrogen (secondary N) is 1. The van der Waals surface area contributed by atoms with Gasteiger partial charge in [-0.15, -0.1) is 4.73 Å². The number of aromatic nitrogens is 1. The maximum atomic E-state index is 12.4. The summed E-state index contributed by atoms with van der Waals surface area (Å²) < 4.78 is 1.07. The second kappa shape index (κ2) is 6.30. The molecule has 2 aromatic rings. The predicted molar refractivity (Wildman–Crippen MR) is 79.6 cm³/mol. The number of hydrogen-bond acceptors (Lipinski definition) is 4. The van der Waals surface area contributed by atoms with E-state index in [-0.39, 0.29) is 11.3 Å². The van der Waals surface area contributed by atoms with Gasteiger partial charge in [0.15, 0.2) is 0 Å². The normalized spacial score (nSPS) is 10.6. The van der Waals surface area contributed by atoms with Crippen LogP contribution in [0.5, 0.6) is 5.75 Å². The molecule has 0 aliphatic heterocycles. The molecule has 0 aliphatic carbocycles. The number of benzene rings is 1. The van der Waals surface area contributed by atoms with Crippen molar-refractivity contribution in [3.8, 4) is 5.75 Å². The summed E-state index contributed by atoms with van der Waals surface area (Å²) in [5.74, 6) is -0.933. The molecule has 0 aliphatic rings. The summed E-state index contributed by atoms with van der Waals surface area (Å²) in [5.41, 5.74) is -0.529. The highest BCUT2D eigenvalue weighted by Crippen LogP contribution is 2.25. The van der Waals surface area contributed by atoms with Crippen LogP contribution in [0, 0.1) is 0 Å². The number of aromatic hydroxyl groups is 1. The molecule has 2 rings (SSSR count). The molecular formula is C15H18N2O4. The molecule has 21 heavy (non-hydrogen) atoms. The van der Waals surface area contributed by atoms with E-state index in [1.165, 1.54) is 0 Å². The highest BCUT2D eigenvalue weighted by atomic mass is 16.7. The quantitative estimate of drug-likeness (QED) is 0.869. The number of rotatable bonds is 5. The molecule has 0 saturated heterocycles. The second-order valence-corrected chi connectivity index (χ2v) is 4.53. The van der Waals surface area contributed by atoms with E-state index in [1.54, 1.807) is 31.2 Å². The second-order valence-electron chi connectivity index (χ2n) is 4.53. The van der Waals surface area contributed by atoms with Gasteiger partial charge in [-0.3, -0.25) is 9.59 Å². The molecular weight excluding hydrogens is 272 g/mol. The molecule has 6 nitrogen and oxygen atoms in total. The van der Waals surface area contributed by atoms with Crippen LogP contribution in [0.2, 0.25) is 0 Å². The molecule has 1 heterocycles. The van der Waals surface area contributed by atoms with Gasteiger partial charge in [-0.25, -0.2) is 0 Å². The molecule has 0 spiro atoms. The van der Waals surface area contributed by atoms with Crippen molar-refractivity contribution in [2.24, 2.45) is 0 Å². The maximum absolute atomic E-state index is 12.4. The zero-order valence-electron chi connectivity index (χ0n) is 12.0. The first-order valence-electron chi connectivity index (χ1n) is 6.90. The Balaban J connectivity index is 2.74. The van der Waals surface area contributed by atoms with E-state index in [9.17, 15) is 14.7 Å². The van der Waals surface area contributed by atoms with E-state index in [4.69, 9.17) is 4.84 Å². The monoisotopic (exact) mass is 290 g/mol. The molecule has 0 atom stereocenters. The summed E-state index contributed by atoms with van der Waals surface area (Å²) >= 11 is 0. The largest absolute Gasteiger partial charge is 0.506 e. The van der Waals surface area contributed by atoms with Crippen LogP contribution in [0.4, 0.5) is 0 Å². The number of hydrogen-bond donors (Lipinski definition) is 2. The van der Waals surface area contributed by atoms with Crippen molar-refractivity contribution in [1.29, 1.82) is 0 Å². The third-order valence-corrected chi connectivity index (χ3v) is 3.00. The van der Waals surface area contributed by atoms with Crippen LogP contribution in [0.1, 0.15) is 30.6 Å². The van der Waals surface area contributed by atoms with Gasteiger partial charge in [-0.2, -0.15) is 0 Å². The smallest absolute Gasteiger partial charge is 0.300 e. The van der Waals surface area contributed by atoms with Crippen LogP contribution in [0.15, 0.2) is 29.1 Å². The Hall–Kier alpha value is -2.50. The van der Waals surface area contributed by atoms with Crippen LogP contribution in [-0.4, -0.2) is 28.9 Å². The summed E-state index contributed by atoms with van der Waals surface area (Å²) in [6.45, 7) is 4.35. The third kappa shape index (κ3) is 2.69. The SMILES string of the molecule is CCCOn1c(=O)c(C(=O)NCC)c(O)c2ccccc21. The highest BCUT2D eigenvalue weighted by Gasteiger charge is 2.22. The number of para-hydroxylation sites is 1. The lowest BCUT2D eigenvalue weighted by Gasteiger charge is -2.14. The van der Waals surface area contributed by atoms with Crippen molar-refractivity contribution >= 4 is 16.8 Å². The molecule has 1 aromatic carbocycles. The molecule has 0 fully saturated rings. The fraction of sp³-hybridized carbons (Fsp3) is 0.333. The van der Waals surface area contributed by atoms with Crippen LogP contribution >= 0.6 is 0 Å². The number of amides is 1. The van der Waals surface area contributed by atoms with Gasteiger partial charge in [0.2, 0.25) is 0 Å². The Kier molecular flexibility index (Phi) is 4.47. The number of carbonyl (C=O) groups is 1. The molecule has 0 bridgehead atoms. The Morgan fingerprint density at radius 3 is 2.71 bits per heavy atom. The summed E-state index contributed by atoms with van der Waals surface area (Å²) in [6, 6.07) is 6.75. The van der Waals surface area contributed by atoms with E-state index in [2.05, 4.69) is 5.32 Å². The summed E-state index contributed by atoms with van der Waals surface area (Å²) in [7, 11) is 0. The van der Waals surface area contributed by atoms with Gasteiger partial charge in [-0.1, -0.05) is 19.1 Å². The Labute approximate surface area is 121 Å². The van der Waals surface area contributed by atoms with Crippen LogP contribution in [-0.2, 0) is 0 Å². The summed E-state index contributed by atoms with van der Waals surface area (Å²) in [6.07, 6.45) is 0.720. The molecule has 2 N–H and O–H groups in total. The van der Waals surface area contributed by atoms with Gasteiger partial charge in [0.05, 0.1) is 5.52 Å². The van der Waals surface area contributed by atoms with Crippen LogP contribution in [0.3, 0.4) is 0 Å². The first-order valence-corrected chi connectivity index (χ1v) is 6.90. The first-order chi connectivity index (χ1) is 10.1. The van der Waals surface area contributed by atoms with Gasteiger partial charge >= 0.3 is 0 Å². The predicted octanol–water partition coefficient (Wildman–Crippen LogP) is 1.30. The van der Waals surface area contributed by atoms with Crippen molar-refractivity contribution in [1.82, 2.24) is 10.0 Å². The molecule has 0 saturated carbocycles. The van der Waals surface area contributed by atoms with Crippen molar-refractivity contribution in [3.63, 3.8) is 0 Å². The number of fused-ring (bicyclic) bond motifs is 1.